The van der Waals surface area contributed by atoms with E-state index < -0.39 is 0 Å². The first-order chi connectivity index (χ1) is 60.4. The molecule has 0 aliphatic heterocycles. The molecule has 0 saturated heterocycles. The summed E-state index contributed by atoms with van der Waals surface area (Å²) in [5, 5.41) is 15.8. The van der Waals surface area contributed by atoms with Gasteiger partial charge in [0, 0.05) is 100 Å². The Bertz CT molecular complexity index is 7130. The van der Waals surface area contributed by atoms with E-state index >= 15 is 0 Å². The third-order valence-corrected chi connectivity index (χ3v) is 26.6. The molecule has 12 aromatic carbocycles. The predicted molar refractivity (Wildman–Crippen MR) is 537 cm³/mol. The first-order valence-electron chi connectivity index (χ1n) is 45.3. The summed E-state index contributed by atoms with van der Waals surface area (Å²) in [7, 11) is 13.0. The van der Waals surface area contributed by atoms with Crippen molar-refractivity contribution < 1.29 is 27.4 Å². The van der Waals surface area contributed by atoms with Crippen LogP contribution in [0.2, 0.25) is 0 Å². The Hall–Kier alpha value is -12.9. The average Bonchev–Trinajstić information content (AvgIpc) is 0.777. The highest BCUT2D eigenvalue weighted by Crippen LogP contribution is 2.38. The molecule has 0 unspecified atom stereocenters. The minimum atomic E-state index is 0.542. The lowest BCUT2D eigenvalue weighted by atomic mass is 9.92. The van der Waals surface area contributed by atoms with Gasteiger partial charge in [0.15, 0.2) is 34.2 Å². The molecule has 0 spiro atoms. The molecular formula is C120H132N6+6. The van der Waals surface area contributed by atoms with Crippen LogP contribution >= 0.6 is 0 Å². The van der Waals surface area contributed by atoms with Crippen molar-refractivity contribution in [2.45, 2.75) is 164 Å². The number of rotatable bonds is 10. The van der Waals surface area contributed by atoms with Gasteiger partial charge in [-0.25, -0.2) is 0 Å². The summed E-state index contributed by atoms with van der Waals surface area (Å²) in [6.45, 7) is 44.0. The van der Waals surface area contributed by atoms with Crippen molar-refractivity contribution in [1.29, 1.82) is 0 Å². The summed E-state index contributed by atoms with van der Waals surface area (Å²) in [5.41, 5.74) is 41.3. The summed E-state index contributed by atoms with van der Waals surface area (Å²) in [4.78, 5) is 0. The second kappa shape index (κ2) is 39.5. The highest BCUT2D eigenvalue weighted by atomic mass is 15.0. The quantitative estimate of drug-likeness (QED) is 0.122. The molecule has 6 aromatic heterocycles. The van der Waals surface area contributed by atoms with Crippen molar-refractivity contribution in [3.63, 3.8) is 0 Å². The van der Waals surface area contributed by atoms with Gasteiger partial charge in [-0.05, 0) is 254 Å². The molecule has 0 radical (unpaired) electrons. The van der Waals surface area contributed by atoms with E-state index in [4.69, 9.17) is 0 Å². The molecule has 0 amide bonds. The van der Waals surface area contributed by atoms with Crippen molar-refractivity contribution in [3.05, 3.63) is 392 Å². The van der Waals surface area contributed by atoms with Crippen LogP contribution in [0.15, 0.2) is 285 Å². The summed E-state index contributed by atoms with van der Waals surface area (Å²) >= 11 is 0. The molecule has 126 heavy (non-hydrogen) atoms. The maximum absolute atomic E-state index is 2.38. The van der Waals surface area contributed by atoms with Gasteiger partial charge in [-0.2, -0.15) is 27.4 Å². The van der Waals surface area contributed by atoms with Gasteiger partial charge in [0.25, 0.3) is 0 Å². The van der Waals surface area contributed by atoms with Crippen LogP contribution in [0.3, 0.4) is 0 Å². The Labute approximate surface area is 752 Å². The number of benzene rings is 12. The molecule has 18 rings (SSSR count). The zero-order valence-electron chi connectivity index (χ0n) is 80.0. The lowest BCUT2D eigenvalue weighted by Gasteiger charge is -2.14. The van der Waals surface area contributed by atoms with E-state index in [1.807, 2.05) is 0 Å². The van der Waals surface area contributed by atoms with Gasteiger partial charge < -0.3 is 0 Å². The molecule has 6 heterocycles. The number of hydrogen-bond acceptors (Lipinski definition) is 0. The zero-order chi connectivity index (χ0) is 90.2. The second-order valence-corrected chi connectivity index (χ2v) is 35.4. The fourth-order valence-corrected chi connectivity index (χ4v) is 18.2. The first-order valence-corrected chi connectivity index (χ1v) is 45.3. The maximum Gasteiger partial charge on any atom is 0.220 e. The summed E-state index contributed by atoms with van der Waals surface area (Å²) in [6, 6.07) is 104. The van der Waals surface area contributed by atoms with Gasteiger partial charge in [-0.3, -0.25) is 0 Å². The average molecular weight is 1660 g/mol. The van der Waals surface area contributed by atoms with Crippen LogP contribution in [0.1, 0.15) is 147 Å². The predicted octanol–water partition coefficient (Wildman–Crippen LogP) is 27.4. The van der Waals surface area contributed by atoms with Gasteiger partial charge >= 0.3 is 0 Å². The zero-order valence-corrected chi connectivity index (χ0v) is 80.0. The number of nitrogens with zero attached hydrogens (tertiary/aromatic N) is 6. The van der Waals surface area contributed by atoms with Crippen molar-refractivity contribution >= 4 is 64.6 Å². The summed E-state index contributed by atoms with van der Waals surface area (Å²) < 4.78 is 13.8. The third-order valence-electron chi connectivity index (χ3n) is 26.6. The van der Waals surface area contributed by atoms with Crippen LogP contribution in [0.4, 0.5) is 0 Å². The van der Waals surface area contributed by atoms with Crippen molar-refractivity contribution in [1.82, 2.24) is 0 Å². The van der Waals surface area contributed by atoms with E-state index in [0.29, 0.717) is 5.92 Å². The lowest BCUT2D eigenvalue weighted by molar-refractivity contribution is -0.665. The summed E-state index contributed by atoms with van der Waals surface area (Å²) in [5.74, 6) is 0.542. The van der Waals surface area contributed by atoms with Gasteiger partial charge in [0.2, 0.25) is 34.2 Å². The topological polar surface area (TPSA) is 23.3 Å². The fraction of sp³-hybridized carbons (Fsp3) is 0.250. The van der Waals surface area contributed by atoms with E-state index in [-0.39, 0.29) is 0 Å². The van der Waals surface area contributed by atoms with Crippen LogP contribution in [0.25, 0.3) is 132 Å². The highest BCUT2D eigenvalue weighted by Gasteiger charge is 2.27. The number of aromatic nitrogens is 6. The molecule has 0 saturated carbocycles. The minimum Gasteiger partial charge on any atom is -0.198 e. The SMILES string of the molecule is CCc1cc(CC)c(C)c(-c2c3ccccc3cc(C)[n+]2C)c1.CCc1ccc(C)c(-c2c3ccccc3cc(C)[n+]2C)c1.Cc1cc(C)c(C)c(-c2c3ccccc3cc(C)[n+]2C)c1.Cc1ccc(C(C)C)cc1-c1c2ccccc2cc(C)[n+]1C.Cc1ccc(C)c(-c2c3ccccc3cc(C)[n+]2C)c1.Cc1ccccc1-c1c2ccccc2cc(C)[n+]1C. The first kappa shape index (κ1) is 90.8. The smallest absolute Gasteiger partial charge is 0.198 e. The van der Waals surface area contributed by atoms with Crippen LogP contribution in [0, 0.1) is 104 Å². The maximum atomic E-state index is 2.38. The normalized spacial score (nSPS) is 11.1. The van der Waals surface area contributed by atoms with Crippen molar-refractivity contribution in [3.8, 4) is 67.5 Å². The van der Waals surface area contributed by atoms with Gasteiger partial charge in [0.05, 0.1) is 43.4 Å². The molecule has 0 atom stereocenters. The van der Waals surface area contributed by atoms with Crippen molar-refractivity contribution in [2.75, 3.05) is 0 Å². The Morgan fingerprint density at radius 2 is 0.500 bits per heavy atom. The van der Waals surface area contributed by atoms with Crippen molar-refractivity contribution in [2.24, 2.45) is 42.3 Å². The fourth-order valence-electron chi connectivity index (χ4n) is 18.2. The Morgan fingerprint density at radius 3 is 0.857 bits per heavy atom. The molecule has 0 aliphatic carbocycles. The molecule has 0 N–H and O–H groups in total. The standard InChI is InChI=1S/C22H26N.C21H24N.2C20H22N.C19H20N.C18H18N/c1-6-17-13-18(7-2)16(4)21(14-17)22-20-11-9-8-10-19(20)12-15(3)23(22)5;1-14(2)17-11-10-15(3)20(13-17)21-19-9-7-6-8-18(19)12-16(4)22(21)5;1-13-10-14(2)16(4)19(11-13)20-18-9-7-6-8-17(18)12-15(3)21(20)5;1-5-16-11-10-14(2)19(13-16)20-18-9-7-6-8-17(18)12-15(3)21(20)4;1-13-9-10-14(2)18(11-13)19-17-8-6-5-7-16(17)12-15(3)20(19)4;1-13-8-4-6-10-16(13)18-17-11-7-5-9-15(17)12-14(2)19(18)3/h8-14H,6-7H2,1-5H3;6-14H,1-5H3;6-12H,1-5H3;6-13H,5H2,1-4H3;5-12H,1-4H3;4-12H,1-3H3/q6*+1. The molecule has 0 bridgehead atoms. The van der Waals surface area contributed by atoms with E-state index in [9.17, 15) is 0 Å². The monoisotopic (exact) mass is 1660 g/mol. The molecular weight excluding hydrogens is 1530 g/mol. The number of aryl methyl sites for hydroxylation is 16. The van der Waals surface area contributed by atoms with Crippen LogP contribution in [-0.4, -0.2) is 0 Å². The molecule has 18 aromatic rings. The number of fused-ring (bicyclic) bond motifs is 6. The van der Waals surface area contributed by atoms with Crippen LogP contribution < -0.4 is 27.4 Å². The Morgan fingerprint density at radius 1 is 0.214 bits per heavy atom. The highest BCUT2D eigenvalue weighted by molar-refractivity contribution is 5.99. The van der Waals surface area contributed by atoms with Crippen LogP contribution in [0.5, 0.6) is 0 Å². The minimum absolute atomic E-state index is 0.542. The molecule has 0 fully saturated rings. The molecule has 6 nitrogen and oxygen atoms in total. The van der Waals surface area contributed by atoms with E-state index in [1.54, 1.807) is 0 Å². The lowest BCUT2D eigenvalue weighted by Crippen LogP contribution is -2.35. The van der Waals surface area contributed by atoms with E-state index in [0.717, 1.165) is 19.3 Å². The van der Waals surface area contributed by atoms with Gasteiger partial charge in [0.1, 0.15) is 42.3 Å². The second-order valence-electron chi connectivity index (χ2n) is 35.4. The Balaban J connectivity index is 0.000000130. The number of hydrogen-bond donors (Lipinski definition) is 0. The van der Waals surface area contributed by atoms with E-state index in [2.05, 4.69) is 493 Å². The molecule has 0 aliphatic rings. The Kier molecular flexibility index (Phi) is 28.5. The summed E-state index contributed by atoms with van der Waals surface area (Å²) in [6.07, 6.45) is 3.23. The molecule has 6 heteroatoms. The van der Waals surface area contributed by atoms with E-state index in [1.165, 1.54) is 239 Å². The molecule has 636 valence electrons. The van der Waals surface area contributed by atoms with Crippen LogP contribution in [-0.2, 0) is 61.5 Å². The third kappa shape index (κ3) is 19.2. The van der Waals surface area contributed by atoms with Gasteiger partial charge in [-0.1, -0.05) is 222 Å². The number of pyridine rings is 6. The largest absolute Gasteiger partial charge is 0.220 e. The van der Waals surface area contributed by atoms with Gasteiger partial charge in [-0.15, -0.1) is 0 Å².